The first-order valence-electron chi connectivity index (χ1n) is 4.74. The maximum Gasteiger partial charge on any atom is 0.200 e. The van der Waals surface area contributed by atoms with E-state index in [2.05, 4.69) is 4.98 Å². The third kappa shape index (κ3) is 1.93. The molecule has 5 nitrogen and oxygen atoms in total. The summed E-state index contributed by atoms with van der Waals surface area (Å²) in [5.41, 5.74) is 7.50. The summed E-state index contributed by atoms with van der Waals surface area (Å²) in [6, 6.07) is 3.55. The number of imidazole rings is 1. The first-order chi connectivity index (χ1) is 7.20. The molecule has 0 amide bonds. The Hall–Kier alpha value is -1.59. The SMILES string of the molecule is CCOC(O)c1cn2cc(N)ccc2n1. The van der Waals surface area contributed by atoms with Crippen LogP contribution < -0.4 is 5.73 Å². The van der Waals surface area contributed by atoms with Crippen molar-refractivity contribution in [2.45, 2.75) is 13.2 Å². The van der Waals surface area contributed by atoms with Gasteiger partial charge in [0, 0.05) is 24.7 Å². The first-order valence-corrected chi connectivity index (χ1v) is 4.74. The number of anilines is 1. The predicted octanol–water partition coefficient (Wildman–Crippen LogP) is 0.944. The monoisotopic (exact) mass is 207 g/mol. The number of nitrogens with zero attached hydrogens (tertiary/aromatic N) is 2. The zero-order valence-corrected chi connectivity index (χ0v) is 8.42. The largest absolute Gasteiger partial charge is 0.398 e. The van der Waals surface area contributed by atoms with E-state index in [4.69, 9.17) is 10.5 Å². The fraction of sp³-hybridized carbons (Fsp3) is 0.300. The van der Waals surface area contributed by atoms with Crippen LogP contribution in [0.2, 0.25) is 0 Å². The summed E-state index contributed by atoms with van der Waals surface area (Å²) < 4.78 is 6.79. The molecule has 0 aliphatic carbocycles. The molecule has 0 fully saturated rings. The van der Waals surface area contributed by atoms with E-state index in [1.807, 2.05) is 6.92 Å². The van der Waals surface area contributed by atoms with E-state index in [1.54, 1.807) is 28.9 Å². The lowest BCUT2D eigenvalue weighted by Gasteiger charge is -2.05. The van der Waals surface area contributed by atoms with Gasteiger partial charge in [-0.2, -0.15) is 0 Å². The van der Waals surface area contributed by atoms with Gasteiger partial charge >= 0.3 is 0 Å². The third-order valence-corrected chi connectivity index (χ3v) is 2.07. The average molecular weight is 207 g/mol. The number of fused-ring (bicyclic) bond motifs is 1. The van der Waals surface area contributed by atoms with Crippen LogP contribution in [0.25, 0.3) is 5.65 Å². The van der Waals surface area contributed by atoms with Crippen molar-refractivity contribution in [3.8, 4) is 0 Å². The van der Waals surface area contributed by atoms with E-state index in [0.717, 1.165) is 5.65 Å². The molecular formula is C10H13N3O2. The Balaban J connectivity index is 2.38. The molecule has 3 N–H and O–H groups in total. The molecule has 0 bridgehead atoms. The molecule has 2 aromatic heterocycles. The molecule has 5 heteroatoms. The summed E-state index contributed by atoms with van der Waals surface area (Å²) >= 11 is 0. The Bertz CT molecular complexity index is 467. The molecule has 0 spiro atoms. The number of rotatable bonds is 3. The minimum absolute atomic E-state index is 0.442. The van der Waals surface area contributed by atoms with Crippen LogP contribution in [-0.2, 0) is 4.74 Å². The van der Waals surface area contributed by atoms with Gasteiger partial charge in [0.1, 0.15) is 11.3 Å². The summed E-state index contributed by atoms with van der Waals surface area (Å²) in [6.07, 6.45) is 2.47. The lowest BCUT2D eigenvalue weighted by Crippen LogP contribution is -2.02. The molecule has 1 atom stereocenters. The quantitative estimate of drug-likeness (QED) is 0.735. The van der Waals surface area contributed by atoms with Crippen LogP contribution in [0.1, 0.15) is 18.9 Å². The maximum atomic E-state index is 9.56. The number of nitrogen functional groups attached to an aromatic ring is 1. The van der Waals surface area contributed by atoms with Crippen LogP contribution in [0.3, 0.4) is 0 Å². The van der Waals surface area contributed by atoms with Gasteiger partial charge in [0.25, 0.3) is 0 Å². The fourth-order valence-corrected chi connectivity index (χ4v) is 1.39. The Kier molecular flexibility index (Phi) is 2.57. The van der Waals surface area contributed by atoms with Gasteiger partial charge in [0.2, 0.25) is 0 Å². The Morgan fingerprint density at radius 2 is 2.33 bits per heavy atom. The summed E-state index contributed by atoms with van der Waals surface area (Å²) in [5, 5.41) is 9.56. The van der Waals surface area contributed by atoms with Crippen molar-refractivity contribution in [2.75, 3.05) is 12.3 Å². The zero-order valence-electron chi connectivity index (χ0n) is 8.42. The van der Waals surface area contributed by atoms with Crippen LogP contribution in [0.15, 0.2) is 24.5 Å². The fourth-order valence-electron chi connectivity index (χ4n) is 1.39. The predicted molar refractivity (Wildman–Crippen MR) is 56.2 cm³/mol. The number of ether oxygens (including phenoxy) is 1. The second-order valence-corrected chi connectivity index (χ2v) is 3.20. The van der Waals surface area contributed by atoms with Crippen molar-refractivity contribution in [1.82, 2.24) is 9.38 Å². The summed E-state index contributed by atoms with van der Waals surface area (Å²) in [6.45, 7) is 2.26. The van der Waals surface area contributed by atoms with Crippen LogP contribution in [-0.4, -0.2) is 21.1 Å². The molecule has 2 aromatic rings. The van der Waals surface area contributed by atoms with Gasteiger partial charge in [-0.15, -0.1) is 0 Å². The second-order valence-electron chi connectivity index (χ2n) is 3.20. The summed E-state index contributed by atoms with van der Waals surface area (Å²) in [4.78, 5) is 4.20. The molecule has 0 saturated heterocycles. The van der Waals surface area contributed by atoms with Crippen molar-refractivity contribution < 1.29 is 9.84 Å². The molecule has 2 rings (SSSR count). The van der Waals surface area contributed by atoms with Gasteiger partial charge in [-0.05, 0) is 19.1 Å². The van der Waals surface area contributed by atoms with Gasteiger partial charge < -0.3 is 20.0 Å². The minimum atomic E-state index is -0.976. The number of pyridine rings is 1. The number of aliphatic hydroxyl groups excluding tert-OH is 1. The smallest absolute Gasteiger partial charge is 0.200 e. The molecule has 0 radical (unpaired) electrons. The third-order valence-electron chi connectivity index (χ3n) is 2.07. The van der Waals surface area contributed by atoms with Crippen LogP contribution >= 0.6 is 0 Å². The summed E-state index contributed by atoms with van der Waals surface area (Å²) in [5.74, 6) is 0. The van der Waals surface area contributed by atoms with Crippen molar-refractivity contribution >= 4 is 11.3 Å². The van der Waals surface area contributed by atoms with Crippen LogP contribution in [0, 0.1) is 0 Å². The normalized spacial score (nSPS) is 13.2. The minimum Gasteiger partial charge on any atom is -0.398 e. The van der Waals surface area contributed by atoms with E-state index in [-0.39, 0.29) is 0 Å². The number of nitrogens with two attached hydrogens (primary N) is 1. The molecule has 2 heterocycles. The standard InChI is InChI=1S/C10H13N3O2/c1-2-15-10(14)8-6-13-5-7(11)3-4-9(13)12-8/h3-6,10,14H,2,11H2,1H3. The van der Waals surface area contributed by atoms with Crippen LogP contribution in [0.4, 0.5) is 5.69 Å². The average Bonchev–Trinajstić information content (AvgIpc) is 2.60. The van der Waals surface area contributed by atoms with E-state index in [9.17, 15) is 5.11 Å². The van der Waals surface area contributed by atoms with Crippen molar-refractivity contribution in [3.05, 3.63) is 30.2 Å². The van der Waals surface area contributed by atoms with Gasteiger partial charge in [0.05, 0.1) is 0 Å². The molecule has 80 valence electrons. The molecule has 0 aliphatic heterocycles. The topological polar surface area (TPSA) is 72.8 Å². The maximum absolute atomic E-state index is 9.56. The molecular weight excluding hydrogens is 194 g/mol. The van der Waals surface area contributed by atoms with Crippen molar-refractivity contribution in [2.24, 2.45) is 0 Å². The lowest BCUT2D eigenvalue weighted by molar-refractivity contribution is -0.100. The van der Waals surface area contributed by atoms with Crippen LogP contribution in [0.5, 0.6) is 0 Å². The van der Waals surface area contributed by atoms with Gasteiger partial charge in [-0.25, -0.2) is 4.98 Å². The number of aromatic nitrogens is 2. The highest BCUT2D eigenvalue weighted by Crippen LogP contribution is 2.15. The Labute approximate surface area is 87.1 Å². The van der Waals surface area contributed by atoms with Gasteiger partial charge in [-0.3, -0.25) is 0 Å². The number of hydrogen-bond donors (Lipinski definition) is 2. The van der Waals surface area contributed by atoms with Gasteiger partial charge in [-0.1, -0.05) is 0 Å². The highest BCUT2D eigenvalue weighted by molar-refractivity contribution is 5.48. The summed E-state index contributed by atoms with van der Waals surface area (Å²) in [7, 11) is 0. The molecule has 0 aromatic carbocycles. The Morgan fingerprint density at radius 3 is 3.07 bits per heavy atom. The first kappa shape index (κ1) is 9.95. The Morgan fingerprint density at radius 1 is 1.53 bits per heavy atom. The van der Waals surface area contributed by atoms with E-state index >= 15 is 0 Å². The highest BCUT2D eigenvalue weighted by Gasteiger charge is 2.11. The number of aliphatic hydroxyl groups is 1. The van der Waals surface area contributed by atoms with Crippen molar-refractivity contribution in [3.63, 3.8) is 0 Å². The molecule has 0 aliphatic rings. The van der Waals surface area contributed by atoms with Gasteiger partial charge in [0.15, 0.2) is 6.29 Å². The number of hydrogen-bond acceptors (Lipinski definition) is 4. The molecule has 15 heavy (non-hydrogen) atoms. The van der Waals surface area contributed by atoms with E-state index < -0.39 is 6.29 Å². The van der Waals surface area contributed by atoms with E-state index in [0.29, 0.717) is 18.0 Å². The molecule has 0 saturated carbocycles. The molecule has 1 unspecified atom stereocenters. The zero-order chi connectivity index (χ0) is 10.8. The van der Waals surface area contributed by atoms with E-state index in [1.165, 1.54) is 0 Å². The highest BCUT2D eigenvalue weighted by atomic mass is 16.6. The second kappa shape index (κ2) is 3.88. The van der Waals surface area contributed by atoms with Crippen molar-refractivity contribution in [1.29, 1.82) is 0 Å². The lowest BCUT2D eigenvalue weighted by atomic mass is 10.4.